The molecule has 17 heavy (non-hydrogen) atoms. The number of hydrogen-bond acceptors (Lipinski definition) is 1. The first-order valence-electron chi connectivity index (χ1n) is 5.72. The van der Waals surface area contributed by atoms with Crippen molar-refractivity contribution in [3.05, 3.63) is 40.9 Å². The van der Waals surface area contributed by atoms with Gasteiger partial charge in [-0.05, 0) is 45.6 Å². The number of alkyl halides is 1. The van der Waals surface area contributed by atoms with Crippen molar-refractivity contribution in [3.63, 3.8) is 0 Å². The van der Waals surface area contributed by atoms with Crippen molar-refractivity contribution in [3.8, 4) is 5.75 Å². The first-order chi connectivity index (χ1) is 8.24. The molecule has 1 saturated carbocycles. The Morgan fingerprint density at radius 1 is 1.06 bits per heavy atom. The van der Waals surface area contributed by atoms with E-state index in [9.17, 15) is 0 Å². The van der Waals surface area contributed by atoms with Gasteiger partial charge in [-0.1, -0.05) is 46.3 Å². The second-order valence-electron chi connectivity index (χ2n) is 4.41. The molecule has 1 aliphatic carbocycles. The highest BCUT2D eigenvalue weighted by molar-refractivity contribution is 9.10. The average Bonchev–Trinajstić information content (AvgIpc) is 2.31. The minimum Gasteiger partial charge on any atom is -0.489 e. The van der Waals surface area contributed by atoms with Crippen LogP contribution in [0.25, 0.3) is 10.8 Å². The Kier molecular flexibility index (Phi) is 3.14. The summed E-state index contributed by atoms with van der Waals surface area (Å²) >= 11 is 7.22. The zero-order valence-electron chi connectivity index (χ0n) is 9.20. The molecular formula is C14H12Br2O. The van der Waals surface area contributed by atoms with E-state index in [0.29, 0.717) is 10.9 Å². The van der Waals surface area contributed by atoms with E-state index < -0.39 is 0 Å². The smallest absolute Gasteiger partial charge is 0.134 e. The van der Waals surface area contributed by atoms with Gasteiger partial charge in [0.2, 0.25) is 0 Å². The van der Waals surface area contributed by atoms with Crippen LogP contribution in [-0.4, -0.2) is 10.9 Å². The Labute approximate surface area is 117 Å². The van der Waals surface area contributed by atoms with Crippen molar-refractivity contribution in [2.24, 2.45) is 0 Å². The lowest BCUT2D eigenvalue weighted by Gasteiger charge is -2.32. The molecule has 0 radical (unpaired) electrons. The van der Waals surface area contributed by atoms with E-state index in [2.05, 4.69) is 62.2 Å². The maximum absolute atomic E-state index is 5.98. The molecule has 1 aliphatic rings. The van der Waals surface area contributed by atoms with E-state index in [0.717, 1.165) is 23.1 Å². The standard InChI is InChI=1S/C14H12Br2O/c15-10-7-11(8-10)17-13-6-5-9-3-1-2-4-12(9)14(13)16/h1-6,10-11H,7-8H2. The highest BCUT2D eigenvalue weighted by atomic mass is 79.9. The molecule has 88 valence electrons. The Morgan fingerprint density at radius 2 is 1.82 bits per heavy atom. The molecule has 2 aromatic rings. The minimum absolute atomic E-state index is 0.358. The molecule has 3 rings (SSSR count). The lowest BCUT2D eigenvalue weighted by atomic mass is 9.96. The predicted octanol–water partition coefficient (Wildman–Crippen LogP) is 4.91. The molecule has 1 fully saturated rings. The minimum atomic E-state index is 0.358. The van der Waals surface area contributed by atoms with Crippen molar-refractivity contribution in [2.45, 2.75) is 23.8 Å². The Hall–Kier alpha value is -0.540. The van der Waals surface area contributed by atoms with Crippen LogP contribution >= 0.6 is 31.9 Å². The fourth-order valence-corrected chi connectivity index (χ4v) is 3.50. The maximum Gasteiger partial charge on any atom is 0.134 e. The molecular weight excluding hydrogens is 344 g/mol. The van der Waals surface area contributed by atoms with Crippen LogP contribution in [0, 0.1) is 0 Å². The molecule has 0 saturated heterocycles. The molecule has 1 nitrogen and oxygen atoms in total. The molecule has 0 heterocycles. The Bertz CT molecular complexity index is 547. The second-order valence-corrected chi connectivity index (χ2v) is 6.50. The number of halogens is 2. The number of rotatable bonds is 2. The predicted molar refractivity (Wildman–Crippen MR) is 78.0 cm³/mol. The summed E-state index contributed by atoms with van der Waals surface area (Å²) in [7, 11) is 0. The van der Waals surface area contributed by atoms with E-state index >= 15 is 0 Å². The summed E-state index contributed by atoms with van der Waals surface area (Å²) < 4.78 is 7.05. The van der Waals surface area contributed by atoms with Gasteiger partial charge in [-0.2, -0.15) is 0 Å². The van der Waals surface area contributed by atoms with Crippen LogP contribution in [0.5, 0.6) is 5.75 Å². The lowest BCUT2D eigenvalue weighted by Crippen LogP contribution is -2.34. The van der Waals surface area contributed by atoms with Crippen molar-refractivity contribution in [2.75, 3.05) is 0 Å². The van der Waals surface area contributed by atoms with E-state index in [-0.39, 0.29) is 0 Å². The quantitative estimate of drug-likeness (QED) is 0.695. The Morgan fingerprint density at radius 3 is 2.59 bits per heavy atom. The SMILES string of the molecule is Brc1c(OC2CC(Br)C2)ccc2ccccc12. The van der Waals surface area contributed by atoms with Crippen molar-refractivity contribution < 1.29 is 4.74 Å². The first-order valence-corrected chi connectivity index (χ1v) is 7.43. The zero-order chi connectivity index (χ0) is 11.8. The van der Waals surface area contributed by atoms with Crippen LogP contribution in [0.2, 0.25) is 0 Å². The summed E-state index contributed by atoms with van der Waals surface area (Å²) in [6, 6.07) is 12.5. The van der Waals surface area contributed by atoms with Gasteiger partial charge in [-0.15, -0.1) is 0 Å². The molecule has 0 atom stereocenters. The van der Waals surface area contributed by atoms with Gasteiger partial charge in [0, 0.05) is 4.83 Å². The van der Waals surface area contributed by atoms with Crippen molar-refractivity contribution in [1.82, 2.24) is 0 Å². The normalized spacial score (nSPS) is 23.4. The molecule has 0 N–H and O–H groups in total. The van der Waals surface area contributed by atoms with Crippen LogP contribution in [0.15, 0.2) is 40.9 Å². The molecule has 3 heteroatoms. The van der Waals surface area contributed by atoms with Gasteiger partial charge < -0.3 is 4.74 Å². The fourth-order valence-electron chi connectivity index (χ4n) is 2.08. The number of benzene rings is 2. The van der Waals surface area contributed by atoms with Gasteiger partial charge in [-0.25, -0.2) is 0 Å². The molecule has 0 amide bonds. The van der Waals surface area contributed by atoms with Gasteiger partial charge in [0.25, 0.3) is 0 Å². The number of fused-ring (bicyclic) bond motifs is 1. The van der Waals surface area contributed by atoms with Gasteiger partial charge in [0.15, 0.2) is 0 Å². The summed E-state index contributed by atoms with van der Waals surface area (Å²) in [5.74, 6) is 0.952. The van der Waals surface area contributed by atoms with Crippen molar-refractivity contribution in [1.29, 1.82) is 0 Å². The van der Waals surface area contributed by atoms with Crippen molar-refractivity contribution >= 4 is 42.6 Å². The van der Waals surface area contributed by atoms with Crippen LogP contribution < -0.4 is 4.74 Å². The van der Waals surface area contributed by atoms with E-state index in [4.69, 9.17) is 4.74 Å². The first kappa shape index (κ1) is 11.5. The van der Waals surface area contributed by atoms with Gasteiger partial charge in [0.1, 0.15) is 11.9 Å². The highest BCUT2D eigenvalue weighted by Gasteiger charge is 2.29. The summed E-state index contributed by atoms with van der Waals surface area (Å²) in [5, 5.41) is 2.44. The summed E-state index contributed by atoms with van der Waals surface area (Å²) in [6.45, 7) is 0. The summed E-state index contributed by atoms with van der Waals surface area (Å²) in [6.07, 6.45) is 2.55. The van der Waals surface area contributed by atoms with Gasteiger partial charge >= 0.3 is 0 Å². The van der Waals surface area contributed by atoms with Crippen LogP contribution in [0.1, 0.15) is 12.8 Å². The van der Waals surface area contributed by atoms with Crippen LogP contribution in [-0.2, 0) is 0 Å². The average molecular weight is 356 g/mol. The van der Waals surface area contributed by atoms with Crippen LogP contribution in [0.4, 0.5) is 0 Å². The number of ether oxygens (including phenoxy) is 1. The van der Waals surface area contributed by atoms with E-state index in [1.165, 1.54) is 10.8 Å². The van der Waals surface area contributed by atoms with E-state index in [1.807, 2.05) is 6.07 Å². The molecule has 2 aromatic carbocycles. The monoisotopic (exact) mass is 354 g/mol. The van der Waals surface area contributed by atoms with E-state index in [1.54, 1.807) is 0 Å². The maximum atomic E-state index is 5.98. The third kappa shape index (κ3) is 2.23. The summed E-state index contributed by atoms with van der Waals surface area (Å²) in [4.78, 5) is 0.631. The number of hydrogen-bond donors (Lipinski definition) is 0. The molecule has 0 aliphatic heterocycles. The Balaban J connectivity index is 1.92. The van der Waals surface area contributed by atoms with Gasteiger partial charge in [-0.3, -0.25) is 0 Å². The third-order valence-electron chi connectivity index (χ3n) is 3.16. The zero-order valence-corrected chi connectivity index (χ0v) is 12.4. The fraction of sp³-hybridized carbons (Fsp3) is 0.286. The third-order valence-corrected chi connectivity index (χ3v) is 4.72. The molecule has 0 bridgehead atoms. The topological polar surface area (TPSA) is 9.23 Å². The lowest BCUT2D eigenvalue weighted by molar-refractivity contribution is 0.127. The molecule has 0 unspecified atom stereocenters. The second kappa shape index (κ2) is 4.62. The highest BCUT2D eigenvalue weighted by Crippen LogP contribution is 2.37. The van der Waals surface area contributed by atoms with Crippen LogP contribution in [0.3, 0.4) is 0 Å². The molecule has 0 spiro atoms. The largest absolute Gasteiger partial charge is 0.489 e. The van der Waals surface area contributed by atoms with Gasteiger partial charge in [0.05, 0.1) is 4.47 Å². The summed E-state index contributed by atoms with van der Waals surface area (Å²) in [5.41, 5.74) is 0. The molecule has 0 aromatic heterocycles.